The molecule has 0 unspecified atom stereocenters. The van der Waals surface area contributed by atoms with Crippen molar-refractivity contribution in [2.24, 2.45) is 0 Å². The Balaban J connectivity index is 1.97. The molecule has 76 valence electrons. The number of hydrogen-bond acceptors (Lipinski definition) is 2. The lowest BCUT2D eigenvalue weighted by Crippen LogP contribution is -2.31. The van der Waals surface area contributed by atoms with E-state index in [-0.39, 0.29) is 0 Å². The van der Waals surface area contributed by atoms with Gasteiger partial charge in [0.15, 0.2) is 0 Å². The van der Waals surface area contributed by atoms with Gasteiger partial charge in [0.2, 0.25) is 0 Å². The third kappa shape index (κ3) is 2.14. The Morgan fingerprint density at radius 2 is 2.07 bits per heavy atom. The average molecular weight is 191 g/mol. The lowest BCUT2D eigenvalue weighted by atomic mass is 10.2. The van der Waals surface area contributed by atoms with Crippen LogP contribution in [0.3, 0.4) is 0 Å². The largest absolute Gasteiger partial charge is 0.395 e. The first-order valence-corrected chi connectivity index (χ1v) is 5.29. The summed E-state index contributed by atoms with van der Waals surface area (Å²) in [4.78, 5) is 2.37. The third-order valence-electron chi connectivity index (χ3n) is 2.94. The monoisotopic (exact) mass is 191 g/mol. The summed E-state index contributed by atoms with van der Waals surface area (Å²) in [7, 11) is 0. The molecule has 0 aromatic heterocycles. The standard InChI is InChI=1S/C12H17NO/c14-10-12-7-4-8-13(12)9-11-5-2-1-3-6-11/h1-3,5-6,12,14H,4,7-10H2/t12-/m1/s1. The SMILES string of the molecule is OC[C@H]1CCCN1Cc1ccccc1. The van der Waals surface area contributed by atoms with Crippen LogP contribution < -0.4 is 0 Å². The van der Waals surface area contributed by atoms with Crippen molar-refractivity contribution in [1.29, 1.82) is 0 Å². The number of aliphatic hydroxyl groups is 1. The average Bonchev–Trinajstić information content (AvgIpc) is 2.67. The summed E-state index contributed by atoms with van der Waals surface area (Å²) in [5.74, 6) is 0. The summed E-state index contributed by atoms with van der Waals surface area (Å²) >= 11 is 0. The fourth-order valence-corrected chi connectivity index (χ4v) is 2.13. The minimum absolute atomic E-state index is 0.298. The molecule has 1 aliphatic rings. The predicted octanol–water partition coefficient (Wildman–Crippen LogP) is 1.64. The van der Waals surface area contributed by atoms with Crippen LogP contribution in [0.25, 0.3) is 0 Å². The van der Waals surface area contributed by atoms with E-state index in [1.807, 2.05) is 6.07 Å². The van der Waals surface area contributed by atoms with Crippen LogP contribution in [-0.2, 0) is 6.54 Å². The highest BCUT2D eigenvalue weighted by molar-refractivity contribution is 5.14. The number of nitrogens with zero attached hydrogens (tertiary/aromatic N) is 1. The zero-order valence-corrected chi connectivity index (χ0v) is 8.39. The topological polar surface area (TPSA) is 23.5 Å². The van der Waals surface area contributed by atoms with E-state index in [4.69, 9.17) is 0 Å². The normalized spacial score (nSPS) is 22.8. The minimum Gasteiger partial charge on any atom is -0.395 e. The Labute approximate surface area is 85.2 Å². The maximum Gasteiger partial charge on any atom is 0.0587 e. The molecular formula is C12H17NO. The van der Waals surface area contributed by atoms with Crippen molar-refractivity contribution < 1.29 is 5.11 Å². The van der Waals surface area contributed by atoms with Gasteiger partial charge in [0.1, 0.15) is 0 Å². The zero-order valence-electron chi connectivity index (χ0n) is 8.39. The van der Waals surface area contributed by atoms with Gasteiger partial charge in [0.25, 0.3) is 0 Å². The van der Waals surface area contributed by atoms with Crippen LogP contribution in [-0.4, -0.2) is 29.2 Å². The van der Waals surface area contributed by atoms with Crippen LogP contribution in [0.5, 0.6) is 0 Å². The van der Waals surface area contributed by atoms with E-state index in [2.05, 4.69) is 29.2 Å². The van der Waals surface area contributed by atoms with Crippen molar-refractivity contribution in [1.82, 2.24) is 4.90 Å². The molecule has 1 aromatic rings. The predicted molar refractivity (Wildman–Crippen MR) is 57.0 cm³/mol. The quantitative estimate of drug-likeness (QED) is 0.785. The van der Waals surface area contributed by atoms with Crippen molar-refractivity contribution in [3.05, 3.63) is 35.9 Å². The fourth-order valence-electron chi connectivity index (χ4n) is 2.13. The molecule has 2 nitrogen and oxygen atoms in total. The highest BCUT2D eigenvalue weighted by Crippen LogP contribution is 2.19. The summed E-state index contributed by atoms with van der Waals surface area (Å²) in [6.07, 6.45) is 2.36. The molecule has 1 aromatic carbocycles. The van der Waals surface area contributed by atoms with E-state index in [1.54, 1.807) is 0 Å². The van der Waals surface area contributed by atoms with Crippen LogP contribution in [0.1, 0.15) is 18.4 Å². The first-order valence-electron chi connectivity index (χ1n) is 5.29. The highest BCUT2D eigenvalue weighted by atomic mass is 16.3. The van der Waals surface area contributed by atoms with Crippen molar-refractivity contribution in [2.45, 2.75) is 25.4 Å². The second kappa shape index (κ2) is 4.58. The van der Waals surface area contributed by atoms with Crippen LogP contribution >= 0.6 is 0 Å². The molecule has 0 amide bonds. The summed E-state index contributed by atoms with van der Waals surface area (Å²) in [5.41, 5.74) is 1.34. The van der Waals surface area contributed by atoms with E-state index >= 15 is 0 Å². The van der Waals surface area contributed by atoms with Gasteiger partial charge in [-0.2, -0.15) is 0 Å². The molecule has 1 saturated heterocycles. The van der Waals surface area contributed by atoms with E-state index in [1.165, 1.54) is 12.0 Å². The van der Waals surface area contributed by atoms with Gasteiger partial charge in [-0.3, -0.25) is 4.90 Å². The van der Waals surface area contributed by atoms with Crippen molar-refractivity contribution in [2.75, 3.05) is 13.2 Å². The van der Waals surface area contributed by atoms with Gasteiger partial charge in [-0.25, -0.2) is 0 Å². The van der Waals surface area contributed by atoms with Crippen LogP contribution in [0, 0.1) is 0 Å². The molecule has 0 saturated carbocycles. The number of rotatable bonds is 3. The van der Waals surface area contributed by atoms with Gasteiger partial charge in [-0.1, -0.05) is 30.3 Å². The van der Waals surface area contributed by atoms with Gasteiger partial charge >= 0.3 is 0 Å². The van der Waals surface area contributed by atoms with E-state index in [9.17, 15) is 5.11 Å². The first-order chi connectivity index (χ1) is 6.90. The minimum atomic E-state index is 0.298. The van der Waals surface area contributed by atoms with Gasteiger partial charge in [0.05, 0.1) is 6.61 Å². The van der Waals surface area contributed by atoms with E-state index in [0.717, 1.165) is 19.5 Å². The molecule has 14 heavy (non-hydrogen) atoms. The molecule has 0 spiro atoms. The number of hydrogen-bond donors (Lipinski definition) is 1. The Kier molecular flexibility index (Phi) is 3.17. The molecule has 1 atom stereocenters. The maximum absolute atomic E-state index is 9.17. The molecule has 2 heteroatoms. The van der Waals surface area contributed by atoms with Crippen molar-refractivity contribution in [3.8, 4) is 0 Å². The lowest BCUT2D eigenvalue weighted by Gasteiger charge is -2.22. The second-order valence-electron chi connectivity index (χ2n) is 3.93. The van der Waals surface area contributed by atoms with Crippen LogP contribution in [0.2, 0.25) is 0 Å². The molecule has 1 fully saturated rings. The number of likely N-dealkylation sites (tertiary alicyclic amines) is 1. The number of aliphatic hydroxyl groups excluding tert-OH is 1. The Morgan fingerprint density at radius 1 is 1.29 bits per heavy atom. The summed E-state index contributed by atoms with van der Waals surface area (Å²) in [6, 6.07) is 10.9. The molecule has 1 heterocycles. The lowest BCUT2D eigenvalue weighted by molar-refractivity contribution is 0.153. The van der Waals surface area contributed by atoms with Gasteiger partial charge in [0, 0.05) is 12.6 Å². The zero-order chi connectivity index (χ0) is 9.80. The molecule has 0 aliphatic carbocycles. The summed E-state index contributed by atoms with van der Waals surface area (Å²) in [5, 5.41) is 9.17. The molecule has 2 rings (SSSR count). The van der Waals surface area contributed by atoms with Crippen LogP contribution in [0.4, 0.5) is 0 Å². The molecule has 1 N–H and O–H groups in total. The summed E-state index contributed by atoms with van der Waals surface area (Å²) in [6.45, 7) is 2.40. The number of benzene rings is 1. The van der Waals surface area contributed by atoms with Gasteiger partial charge in [-0.15, -0.1) is 0 Å². The molecular weight excluding hydrogens is 174 g/mol. The van der Waals surface area contributed by atoms with Gasteiger partial charge < -0.3 is 5.11 Å². The third-order valence-corrected chi connectivity index (χ3v) is 2.94. The van der Waals surface area contributed by atoms with Crippen LogP contribution in [0.15, 0.2) is 30.3 Å². The molecule has 0 radical (unpaired) electrons. The smallest absolute Gasteiger partial charge is 0.0587 e. The Morgan fingerprint density at radius 3 is 2.79 bits per heavy atom. The molecule has 1 aliphatic heterocycles. The maximum atomic E-state index is 9.17. The highest BCUT2D eigenvalue weighted by Gasteiger charge is 2.23. The summed E-state index contributed by atoms with van der Waals surface area (Å²) < 4.78 is 0. The van der Waals surface area contributed by atoms with E-state index < -0.39 is 0 Å². The Bertz CT molecular complexity index is 273. The van der Waals surface area contributed by atoms with Crippen molar-refractivity contribution in [3.63, 3.8) is 0 Å². The first kappa shape index (κ1) is 9.69. The second-order valence-corrected chi connectivity index (χ2v) is 3.93. The fraction of sp³-hybridized carbons (Fsp3) is 0.500. The molecule has 0 bridgehead atoms. The Hall–Kier alpha value is -0.860. The van der Waals surface area contributed by atoms with Gasteiger partial charge in [-0.05, 0) is 24.9 Å². The van der Waals surface area contributed by atoms with E-state index in [0.29, 0.717) is 12.6 Å². The van der Waals surface area contributed by atoms with Crippen molar-refractivity contribution >= 4 is 0 Å².